The summed E-state index contributed by atoms with van der Waals surface area (Å²) in [5.74, 6) is 0.866. The molecule has 3 N–H and O–H groups in total. The minimum atomic E-state index is -0.547. The number of aliphatic hydroxyl groups excluding tert-OH is 1. The van der Waals surface area contributed by atoms with Crippen molar-refractivity contribution < 1.29 is 9.84 Å². The van der Waals surface area contributed by atoms with Gasteiger partial charge in [0.1, 0.15) is 12.4 Å². The first kappa shape index (κ1) is 20.9. The number of ether oxygens (including phenoxy) is 1. The number of thiophene rings is 1. The molecule has 0 aliphatic rings. The molecule has 0 aliphatic carbocycles. The van der Waals surface area contributed by atoms with Crippen molar-refractivity contribution in [3.05, 3.63) is 76.1 Å². The van der Waals surface area contributed by atoms with Crippen LogP contribution in [0, 0.1) is 0 Å². The average Bonchev–Trinajstić information content (AvgIpc) is 3.20. The number of hydrogen-bond acceptors (Lipinski definition) is 4. The second kappa shape index (κ2) is 9.57. The zero-order chi connectivity index (χ0) is 20.0. The highest BCUT2D eigenvalue weighted by Gasteiger charge is 2.21. The molecule has 5 heteroatoms. The number of nitrogens with two attached hydrogens (primary N) is 1. The minimum Gasteiger partial charge on any atom is -0.487 e. The Morgan fingerprint density at radius 3 is 2.61 bits per heavy atom. The number of hydrogen-bond donors (Lipinski definition) is 2. The SMILES string of the molecule is CCC(N)(CO)CCc1ccc(-c2sccc2OCc2ccccc2)cc1Cl. The standard InChI is InChI=1S/C23H26ClNO2S/c1-2-23(25,16-26)12-10-18-8-9-19(14-20(18)24)22-21(11-13-28-22)27-15-17-6-4-3-5-7-17/h3-9,11,13-14,26H,2,10,12,15-16,25H2,1H3. The van der Waals surface area contributed by atoms with Crippen LogP contribution in [0.25, 0.3) is 10.4 Å². The summed E-state index contributed by atoms with van der Waals surface area (Å²) in [5.41, 5.74) is 8.88. The van der Waals surface area contributed by atoms with E-state index in [0.29, 0.717) is 13.0 Å². The Balaban J connectivity index is 1.71. The molecule has 1 heterocycles. The molecule has 0 amide bonds. The lowest BCUT2D eigenvalue weighted by atomic mass is 9.90. The summed E-state index contributed by atoms with van der Waals surface area (Å²) >= 11 is 8.19. The van der Waals surface area contributed by atoms with Crippen molar-refractivity contribution in [3.8, 4) is 16.2 Å². The van der Waals surface area contributed by atoms with Crippen molar-refractivity contribution in [2.45, 2.75) is 38.3 Å². The van der Waals surface area contributed by atoms with E-state index in [2.05, 4.69) is 18.2 Å². The Labute approximate surface area is 175 Å². The van der Waals surface area contributed by atoms with Gasteiger partial charge in [-0.25, -0.2) is 0 Å². The molecule has 148 valence electrons. The molecule has 2 aromatic carbocycles. The highest BCUT2D eigenvalue weighted by atomic mass is 35.5. The first-order chi connectivity index (χ1) is 13.5. The van der Waals surface area contributed by atoms with Crippen LogP contribution in [0.5, 0.6) is 5.75 Å². The van der Waals surface area contributed by atoms with Crippen molar-refractivity contribution in [1.29, 1.82) is 0 Å². The normalized spacial score (nSPS) is 13.3. The lowest BCUT2D eigenvalue weighted by Gasteiger charge is -2.25. The predicted molar refractivity (Wildman–Crippen MR) is 118 cm³/mol. The highest BCUT2D eigenvalue weighted by Crippen LogP contribution is 2.38. The molecular formula is C23H26ClNO2S. The van der Waals surface area contributed by atoms with E-state index in [4.69, 9.17) is 22.1 Å². The van der Waals surface area contributed by atoms with Gasteiger partial charge in [-0.1, -0.05) is 61.0 Å². The molecule has 0 saturated carbocycles. The molecule has 0 spiro atoms. The predicted octanol–water partition coefficient (Wildman–Crippen LogP) is 5.68. The fourth-order valence-electron chi connectivity index (χ4n) is 3.00. The Kier molecular flexibility index (Phi) is 7.13. The first-order valence-corrected chi connectivity index (χ1v) is 10.7. The van der Waals surface area contributed by atoms with E-state index in [1.807, 2.05) is 48.7 Å². The van der Waals surface area contributed by atoms with Crippen LogP contribution in [0.1, 0.15) is 30.9 Å². The topological polar surface area (TPSA) is 55.5 Å². The van der Waals surface area contributed by atoms with Crippen molar-refractivity contribution in [1.82, 2.24) is 0 Å². The number of rotatable bonds is 9. The van der Waals surface area contributed by atoms with Crippen LogP contribution >= 0.6 is 22.9 Å². The monoisotopic (exact) mass is 415 g/mol. The summed E-state index contributed by atoms with van der Waals surface area (Å²) in [6, 6.07) is 18.2. The molecule has 0 saturated heterocycles. The van der Waals surface area contributed by atoms with Crippen LogP contribution < -0.4 is 10.5 Å². The van der Waals surface area contributed by atoms with E-state index in [1.165, 1.54) is 0 Å². The van der Waals surface area contributed by atoms with Crippen LogP contribution in [0.4, 0.5) is 0 Å². The maximum atomic E-state index is 9.49. The average molecular weight is 416 g/mol. The third-order valence-corrected chi connectivity index (χ3v) is 6.39. The smallest absolute Gasteiger partial charge is 0.138 e. The van der Waals surface area contributed by atoms with Gasteiger partial charge >= 0.3 is 0 Å². The zero-order valence-electron chi connectivity index (χ0n) is 16.0. The third-order valence-electron chi connectivity index (χ3n) is 5.09. The number of aliphatic hydroxyl groups is 1. The molecule has 1 atom stereocenters. The quantitative estimate of drug-likeness (QED) is 0.472. The molecule has 0 bridgehead atoms. The summed E-state index contributed by atoms with van der Waals surface area (Å²) in [5, 5.41) is 12.2. The first-order valence-electron chi connectivity index (χ1n) is 9.47. The van der Waals surface area contributed by atoms with Gasteiger partial charge < -0.3 is 15.6 Å². The molecule has 3 rings (SSSR count). The minimum absolute atomic E-state index is 0.0174. The van der Waals surface area contributed by atoms with Crippen LogP contribution in [-0.2, 0) is 13.0 Å². The number of aryl methyl sites for hydroxylation is 1. The molecule has 1 unspecified atom stereocenters. The van der Waals surface area contributed by atoms with E-state index < -0.39 is 5.54 Å². The Bertz CT molecular complexity index is 891. The molecule has 1 aromatic heterocycles. The van der Waals surface area contributed by atoms with Gasteiger partial charge in [0.2, 0.25) is 0 Å². The second-order valence-electron chi connectivity index (χ2n) is 7.07. The van der Waals surface area contributed by atoms with Gasteiger partial charge in [-0.3, -0.25) is 0 Å². The van der Waals surface area contributed by atoms with Gasteiger partial charge in [-0.05, 0) is 53.5 Å². The molecule has 3 nitrogen and oxygen atoms in total. The molecular weight excluding hydrogens is 390 g/mol. The summed E-state index contributed by atoms with van der Waals surface area (Å²) in [7, 11) is 0. The van der Waals surface area contributed by atoms with Gasteiger partial charge in [0, 0.05) is 10.6 Å². The zero-order valence-corrected chi connectivity index (χ0v) is 17.6. The van der Waals surface area contributed by atoms with Crippen molar-refractivity contribution in [2.24, 2.45) is 5.73 Å². The van der Waals surface area contributed by atoms with Crippen LogP contribution in [0.2, 0.25) is 5.02 Å². The fraction of sp³-hybridized carbons (Fsp3) is 0.304. The maximum Gasteiger partial charge on any atom is 0.138 e. The third kappa shape index (κ3) is 5.15. The number of benzene rings is 2. The maximum absolute atomic E-state index is 9.49. The lowest BCUT2D eigenvalue weighted by Crippen LogP contribution is -2.43. The van der Waals surface area contributed by atoms with Gasteiger partial charge in [0.05, 0.1) is 11.5 Å². The molecule has 0 radical (unpaired) electrons. The van der Waals surface area contributed by atoms with Gasteiger partial charge in [-0.2, -0.15) is 0 Å². The largest absolute Gasteiger partial charge is 0.487 e. The van der Waals surface area contributed by atoms with Gasteiger partial charge in [0.15, 0.2) is 0 Å². The summed E-state index contributed by atoms with van der Waals surface area (Å²) in [4.78, 5) is 1.07. The Hall–Kier alpha value is -1.85. The highest BCUT2D eigenvalue weighted by molar-refractivity contribution is 7.14. The van der Waals surface area contributed by atoms with E-state index in [0.717, 1.165) is 45.2 Å². The van der Waals surface area contributed by atoms with Crippen LogP contribution in [0.15, 0.2) is 60.0 Å². The lowest BCUT2D eigenvalue weighted by molar-refractivity contribution is 0.183. The van der Waals surface area contributed by atoms with E-state index in [-0.39, 0.29) is 6.61 Å². The molecule has 3 aromatic rings. The van der Waals surface area contributed by atoms with Crippen molar-refractivity contribution in [3.63, 3.8) is 0 Å². The Morgan fingerprint density at radius 1 is 1.14 bits per heavy atom. The number of halogens is 1. The Morgan fingerprint density at radius 2 is 1.93 bits per heavy atom. The van der Waals surface area contributed by atoms with Gasteiger partial charge in [-0.15, -0.1) is 11.3 Å². The van der Waals surface area contributed by atoms with Gasteiger partial charge in [0.25, 0.3) is 0 Å². The van der Waals surface area contributed by atoms with Crippen LogP contribution in [-0.4, -0.2) is 17.3 Å². The van der Waals surface area contributed by atoms with Crippen LogP contribution in [0.3, 0.4) is 0 Å². The summed E-state index contributed by atoms with van der Waals surface area (Å²) < 4.78 is 6.03. The molecule has 0 aliphatic heterocycles. The summed E-state index contributed by atoms with van der Waals surface area (Å²) in [6.07, 6.45) is 2.17. The van der Waals surface area contributed by atoms with E-state index >= 15 is 0 Å². The van der Waals surface area contributed by atoms with E-state index in [1.54, 1.807) is 11.3 Å². The second-order valence-corrected chi connectivity index (χ2v) is 8.39. The fourth-order valence-corrected chi connectivity index (χ4v) is 4.11. The summed E-state index contributed by atoms with van der Waals surface area (Å²) in [6.45, 7) is 2.51. The molecule has 28 heavy (non-hydrogen) atoms. The van der Waals surface area contributed by atoms with Crippen molar-refractivity contribution >= 4 is 22.9 Å². The molecule has 0 fully saturated rings. The van der Waals surface area contributed by atoms with Crippen molar-refractivity contribution in [2.75, 3.05) is 6.61 Å². The van der Waals surface area contributed by atoms with E-state index in [9.17, 15) is 5.11 Å².